The fourth-order valence-corrected chi connectivity index (χ4v) is 6.03. The molecule has 0 bridgehead atoms. The third-order valence-corrected chi connectivity index (χ3v) is 7.05. The topological polar surface area (TPSA) is 54.4 Å². The van der Waals surface area contributed by atoms with Crippen molar-refractivity contribution in [2.24, 2.45) is 5.92 Å². The fraction of sp³-hybridized carbons (Fsp3) is 0.625. The van der Waals surface area contributed by atoms with Crippen LogP contribution >= 0.6 is 8.58 Å². The van der Waals surface area contributed by atoms with Gasteiger partial charge >= 0.3 is 0 Å². The first-order valence-electron chi connectivity index (χ1n) is 7.83. The highest BCUT2D eigenvalue weighted by Crippen LogP contribution is 2.38. The van der Waals surface area contributed by atoms with Crippen molar-refractivity contribution in [1.82, 2.24) is 0 Å². The van der Waals surface area contributed by atoms with Gasteiger partial charge in [-0.05, 0) is 35.8 Å². The minimum absolute atomic E-state index is 0.0963. The molecule has 0 spiro atoms. The van der Waals surface area contributed by atoms with E-state index in [1.807, 2.05) is 12.1 Å². The number of hydrogen-bond donors (Lipinski definition) is 1. The first kappa shape index (κ1) is 16.9. The summed E-state index contributed by atoms with van der Waals surface area (Å²) in [7, 11) is -3.63. The molecule has 0 aliphatic heterocycles. The summed E-state index contributed by atoms with van der Waals surface area (Å²) in [5.74, 6) is 0.800. The Hall–Kier alpha value is -0.440. The van der Waals surface area contributed by atoms with E-state index in [2.05, 4.69) is 6.92 Å². The maximum Gasteiger partial charge on any atom is 0.295 e. The van der Waals surface area contributed by atoms with Crippen molar-refractivity contribution in [3.8, 4) is 0 Å². The zero-order chi connectivity index (χ0) is 15.3. The molecule has 5 heteroatoms. The van der Waals surface area contributed by atoms with Crippen LogP contribution in [0.4, 0.5) is 0 Å². The van der Waals surface area contributed by atoms with Crippen LogP contribution < -0.4 is 5.30 Å². The van der Waals surface area contributed by atoms with Gasteiger partial charge in [-0.2, -0.15) is 8.42 Å². The molecular formula is C16H25O3PS. The first-order valence-corrected chi connectivity index (χ1v) is 10.4. The molecule has 0 saturated heterocycles. The van der Waals surface area contributed by atoms with Crippen LogP contribution in [0.2, 0.25) is 0 Å². The van der Waals surface area contributed by atoms with Crippen molar-refractivity contribution in [3.05, 3.63) is 24.3 Å². The van der Waals surface area contributed by atoms with Crippen molar-refractivity contribution >= 4 is 24.0 Å². The second-order valence-corrected chi connectivity index (χ2v) is 9.02. The highest BCUT2D eigenvalue weighted by Gasteiger charge is 2.24. The minimum Gasteiger partial charge on any atom is -0.282 e. The average Bonchev–Trinajstić information content (AvgIpc) is 2.45. The van der Waals surface area contributed by atoms with Gasteiger partial charge in [-0.25, -0.2) is 0 Å². The maximum atomic E-state index is 11.5. The van der Waals surface area contributed by atoms with Crippen LogP contribution in [0.15, 0.2) is 29.2 Å². The van der Waals surface area contributed by atoms with E-state index in [9.17, 15) is 13.0 Å². The van der Waals surface area contributed by atoms with E-state index in [0.29, 0.717) is 14.2 Å². The smallest absolute Gasteiger partial charge is 0.282 e. The van der Waals surface area contributed by atoms with Crippen molar-refractivity contribution in [3.63, 3.8) is 0 Å². The Morgan fingerprint density at radius 2 is 2.05 bits per heavy atom. The Balaban J connectivity index is 2.05. The maximum absolute atomic E-state index is 11.5. The molecule has 3 unspecified atom stereocenters. The molecule has 0 radical (unpaired) electrons. The van der Waals surface area contributed by atoms with Gasteiger partial charge in [0.1, 0.15) is 4.90 Å². The molecule has 0 heterocycles. The summed E-state index contributed by atoms with van der Waals surface area (Å²) in [6.07, 6.45) is 8.80. The Kier molecular flexibility index (Phi) is 6.21. The third-order valence-electron chi connectivity index (χ3n) is 4.27. The van der Waals surface area contributed by atoms with Gasteiger partial charge in [0.2, 0.25) is 0 Å². The van der Waals surface area contributed by atoms with Gasteiger partial charge < -0.3 is 0 Å². The monoisotopic (exact) mass is 328 g/mol. The summed E-state index contributed by atoms with van der Waals surface area (Å²) in [6.45, 7) is 2.23. The van der Waals surface area contributed by atoms with Crippen LogP contribution in [0.25, 0.3) is 0 Å². The van der Waals surface area contributed by atoms with E-state index in [4.69, 9.17) is 0 Å². The molecule has 21 heavy (non-hydrogen) atoms. The minimum atomic E-state index is -4.11. The molecule has 1 aliphatic carbocycles. The van der Waals surface area contributed by atoms with Crippen molar-refractivity contribution in [1.29, 1.82) is 0 Å². The molecule has 1 aromatic carbocycles. The van der Waals surface area contributed by atoms with Gasteiger partial charge in [0.05, 0.1) is 0 Å². The van der Waals surface area contributed by atoms with Crippen LogP contribution in [0.3, 0.4) is 0 Å². The van der Waals surface area contributed by atoms with E-state index in [1.165, 1.54) is 51.0 Å². The van der Waals surface area contributed by atoms with Gasteiger partial charge in [0.25, 0.3) is 10.1 Å². The van der Waals surface area contributed by atoms with Crippen LogP contribution in [0, 0.1) is 5.92 Å². The molecule has 1 aliphatic rings. The van der Waals surface area contributed by atoms with Crippen LogP contribution in [-0.4, -0.2) is 18.6 Å². The quantitative estimate of drug-likeness (QED) is 0.634. The summed E-state index contributed by atoms with van der Waals surface area (Å²) in [5, 5.41) is 0.793. The van der Waals surface area contributed by atoms with E-state index in [-0.39, 0.29) is 4.90 Å². The molecule has 3 nitrogen and oxygen atoms in total. The van der Waals surface area contributed by atoms with Crippen LogP contribution in [-0.2, 0) is 10.1 Å². The number of unbranched alkanes of at least 4 members (excludes halogenated alkanes) is 1. The predicted octanol–water partition coefficient (Wildman–Crippen LogP) is 3.99. The van der Waals surface area contributed by atoms with E-state index in [1.54, 1.807) is 6.07 Å². The number of benzene rings is 1. The van der Waals surface area contributed by atoms with Gasteiger partial charge in [-0.1, -0.05) is 65.8 Å². The largest absolute Gasteiger partial charge is 0.295 e. The standard InChI is InChI=1S/C16H25O3PS/c1-2-3-7-13-8-6-9-14(12-13)20-15-10-4-5-11-16(15)21(17,18)19/h4-5,10-11,13-14,20H,2-3,6-9,12H2,1H3,(H,17,18,19). The lowest BCUT2D eigenvalue weighted by Gasteiger charge is -2.29. The van der Waals surface area contributed by atoms with Crippen molar-refractivity contribution < 1.29 is 13.0 Å². The highest BCUT2D eigenvalue weighted by atomic mass is 32.2. The SMILES string of the molecule is CCCCC1CCCC(Pc2ccccc2S(=O)(=O)O)C1. The van der Waals surface area contributed by atoms with Crippen molar-refractivity contribution in [2.45, 2.75) is 62.4 Å². The van der Waals surface area contributed by atoms with Crippen LogP contribution in [0.5, 0.6) is 0 Å². The molecule has 2 rings (SSSR count). The highest BCUT2D eigenvalue weighted by molar-refractivity contribution is 7.86. The average molecular weight is 328 g/mol. The van der Waals surface area contributed by atoms with Crippen LogP contribution in [0.1, 0.15) is 51.9 Å². The molecular weight excluding hydrogens is 303 g/mol. The van der Waals surface area contributed by atoms with Gasteiger partial charge in [-0.15, -0.1) is 0 Å². The summed E-state index contributed by atoms with van der Waals surface area (Å²) >= 11 is 0. The lowest BCUT2D eigenvalue weighted by Crippen LogP contribution is -2.20. The van der Waals surface area contributed by atoms with E-state index >= 15 is 0 Å². The number of hydrogen-bond acceptors (Lipinski definition) is 2. The molecule has 3 atom stereocenters. The lowest BCUT2D eigenvalue weighted by atomic mass is 9.85. The molecule has 1 fully saturated rings. The Morgan fingerprint density at radius 1 is 1.29 bits per heavy atom. The predicted molar refractivity (Wildman–Crippen MR) is 89.5 cm³/mol. The first-order chi connectivity index (χ1) is 10.0. The molecule has 118 valence electrons. The summed E-state index contributed by atoms with van der Waals surface area (Å²) in [4.78, 5) is 0.0963. The summed E-state index contributed by atoms with van der Waals surface area (Å²) in [5.41, 5.74) is 0.573. The van der Waals surface area contributed by atoms with Crippen molar-refractivity contribution in [2.75, 3.05) is 0 Å². The summed E-state index contributed by atoms with van der Waals surface area (Å²) in [6, 6.07) is 6.88. The molecule has 1 saturated carbocycles. The van der Waals surface area contributed by atoms with E-state index < -0.39 is 10.1 Å². The lowest BCUT2D eigenvalue weighted by molar-refractivity contribution is 0.337. The Morgan fingerprint density at radius 3 is 2.76 bits per heavy atom. The zero-order valence-corrected chi connectivity index (χ0v) is 14.4. The summed E-state index contributed by atoms with van der Waals surface area (Å²) < 4.78 is 32.3. The zero-order valence-electron chi connectivity index (χ0n) is 12.6. The molecule has 0 amide bonds. The molecule has 1 aromatic rings. The molecule has 1 N–H and O–H groups in total. The third kappa shape index (κ3) is 5.05. The second kappa shape index (κ2) is 7.71. The van der Waals surface area contributed by atoms with Gasteiger partial charge in [0, 0.05) is 0 Å². The Bertz CT molecular complexity index is 556. The van der Waals surface area contributed by atoms with Gasteiger partial charge in [-0.3, -0.25) is 4.55 Å². The fourth-order valence-electron chi connectivity index (χ4n) is 3.21. The second-order valence-electron chi connectivity index (χ2n) is 5.99. The van der Waals surface area contributed by atoms with E-state index in [0.717, 1.165) is 11.2 Å². The Labute approximate surface area is 130 Å². The molecule has 0 aromatic heterocycles. The number of rotatable bonds is 6. The normalized spacial score (nSPS) is 23.7. The van der Waals surface area contributed by atoms with Gasteiger partial charge in [0.15, 0.2) is 0 Å².